The van der Waals surface area contributed by atoms with Gasteiger partial charge < -0.3 is 14.2 Å². The van der Waals surface area contributed by atoms with Gasteiger partial charge in [0.05, 0.1) is 18.4 Å². The van der Waals surface area contributed by atoms with Gasteiger partial charge in [0.15, 0.2) is 5.76 Å². The number of nitrogens with zero attached hydrogens (tertiary/aromatic N) is 3. The molecule has 138 valence electrons. The molecule has 1 fully saturated rings. The van der Waals surface area contributed by atoms with Crippen LogP contribution in [-0.4, -0.2) is 52.8 Å². The minimum absolute atomic E-state index is 0.0463. The van der Waals surface area contributed by atoms with Crippen LogP contribution in [0.2, 0.25) is 0 Å². The van der Waals surface area contributed by atoms with E-state index in [9.17, 15) is 9.59 Å². The van der Waals surface area contributed by atoms with Gasteiger partial charge in [0, 0.05) is 37.1 Å². The SMILES string of the molecule is O=C(Cc1csc(-c2ccccc2)n1)N1CCN(C(=O)c2ccco2)CC1. The van der Waals surface area contributed by atoms with E-state index in [2.05, 4.69) is 4.98 Å². The summed E-state index contributed by atoms with van der Waals surface area (Å²) in [6.45, 7) is 2.08. The number of piperazine rings is 1. The van der Waals surface area contributed by atoms with E-state index in [-0.39, 0.29) is 18.2 Å². The Balaban J connectivity index is 1.32. The van der Waals surface area contributed by atoms with Gasteiger partial charge in [-0.3, -0.25) is 9.59 Å². The summed E-state index contributed by atoms with van der Waals surface area (Å²) in [7, 11) is 0. The summed E-state index contributed by atoms with van der Waals surface area (Å²) in [6, 6.07) is 13.3. The molecule has 3 aromatic rings. The van der Waals surface area contributed by atoms with Crippen molar-refractivity contribution in [2.75, 3.05) is 26.2 Å². The Morgan fingerprint density at radius 2 is 1.74 bits per heavy atom. The maximum Gasteiger partial charge on any atom is 0.289 e. The van der Waals surface area contributed by atoms with Crippen LogP contribution in [0, 0.1) is 0 Å². The molecular formula is C20H19N3O3S. The Morgan fingerprint density at radius 3 is 2.44 bits per heavy atom. The maximum absolute atomic E-state index is 12.6. The van der Waals surface area contributed by atoms with Crippen LogP contribution in [-0.2, 0) is 11.2 Å². The Hall–Kier alpha value is -2.93. The molecular weight excluding hydrogens is 362 g/mol. The molecule has 0 N–H and O–H groups in total. The molecule has 0 spiro atoms. The molecule has 0 saturated carbocycles. The highest BCUT2D eigenvalue weighted by atomic mass is 32.1. The largest absolute Gasteiger partial charge is 0.459 e. The average molecular weight is 381 g/mol. The lowest BCUT2D eigenvalue weighted by Crippen LogP contribution is -2.50. The molecule has 6 nitrogen and oxygen atoms in total. The lowest BCUT2D eigenvalue weighted by molar-refractivity contribution is -0.132. The number of aromatic nitrogens is 1. The summed E-state index contributed by atoms with van der Waals surface area (Å²) < 4.78 is 5.16. The van der Waals surface area contributed by atoms with Crippen molar-refractivity contribution in [2.45, 2.75) is 6.42 Å². The summed E-state index contributed by atoms with van der Waals surface area (Å²) >= 11 is 1.55. The van der Waals surface area contributed by atoms with Crippen molar-refractivity contribution < 1.29 is 14.0 Å². The van der Waals surface area contributed by atoms with E-state index in [0.717, 1.165) is 16.3 Å². The van der Waals surface area contributed by atoms with Crippen molar-refractivity contribution >= 4 is 23.2 Å². The van der Waals surface area contributed by atoms with Gasteiger partial charge in [-0.25, -0.2) is 4.98 Å². The zero-order chi connectivity index (χ0) is 18.6. The molecule has 4 rings (SSSR count). The second-order valence-electron chi connectivity index (χ2n) is 6.34. The van der Waals surface area contributed by atoms with Gasteiger partial charge in [-0.15, -0.1) is 11.3 Å². The van der Waals surface area contributed by atoms with Gasteiger partial charge >= 0.3 is 0 Å². The molecule has 2 aromatic heterocycles. The number of rotatable bonds is 4. The molecule has 1 aliphatic heterocycles. The number of amides is 2. The third-order valence-electron chi connectivity index (χ3n) is 4.56. The molecule has 0 radical (unpaired) electrons. The smallest absolute Gasteiger partial charge is 0.289 e. The summed E-state index contributed by atoms with van der Waals surface area (Å²) in [6.07, 6.45) is 1.78. The van der Waals surface area contributed by atoms with Crippen molar-refractivity contribution in [1.82, 2.24) is 14.8 Å². The summed E-state index contributed by atoms with van der Waals surface area (Å²) in [5.41, 5.74) is 1.85. The monoisotopic (exact) mass is 381 g/mol. The summed E-state index contributed by atoms with van der Waals surface area (Å²) in [4.78, 5) is 33.0. The fourth-order valence-corrected chi connectivity index (χ4v) is 3.91. The van der Waals surface area contributed by atoms with Crippen molar-refractivity contribution in [2.24, 2.45) is 0 Å². The van der Waals surface area contributed by atoms with Gasteiger partial charge in [0.25, 0.3) is 5.91 Å². The number of hydrogen-bond acceptors (Lipinski definition) is 5. The minimum atomic E-state index is -0.126. The molecule has 0 bridgehead atoms. The second-order valence-corrected chi connectivity index (χ2v) is 7.20. The van der Waals surface area contributed by atoms with E-state index in [4.69, 9.17) is 4.42 Å². The number of carbonyl (C=O) groups is 2. The van der Waals surface area contributed by atoms with E-state index in [0.29, 0.717) is 31.9 Å². The molecule has 3 heterocycles. The third kappa shape index (κ3) is 3.93. The highest BCUT2D eigenvalue weighted by Crippen LogP contribution is 2.23. The zero-order valence-electron chi connectivity index (χ0n) is 14.7. The van der Waals surface area contributed by atoms with Crippen molar-refractivity contribution in [3.63, 3.8) is 0 Å². The van der Waals surface area contributed by atoms with Gasteiger partial charge in [0.2, 0.25) is 5.91 Å². The topological polar surface area (TPSA) is 66.7 Å². The predicted molar refractivity (Wildman–Crippen MR) is 102 cm³/mol. The predicted octanol–water partition coefficient (Wildman–Crippen LogP) is 2.93. The zero-order valence-corrected chi connectivity index (χ0v) is 15.5. The Kier molecular flexibility index (Phi) is 5.02. The van der Waals surface area contributed by atoms with Crippen LogP contribution < -0.4 is 0 Å². The van der Waals surface area contributed by atoms with Gasteiger partial charge in [-0.1, -0.05) is 30.3 Å². The van der Waals surface area contributed by atoms with E-state index >= 15 is 0 Å². The highest BCUT2D eigenvalue weighted by Gasteiger charge is 2.26. The standard InChI is InChI=1S/C20H19N3O3S/c24-18(13-16-14-27-19(21-16)15-5-2-1-3-6-15)22-8-10-23(11-9-22)20(25)17-7-4-12-26-17/h1-7,12,14H,8-11,13H2. The van der Waals surface area contributed by atoms with Crippen LogP contribution in [0.4, 0.5) is 0 Å². The maximum atomic E-state index is 12.6. The van der Waals surface area contributed by atoms with E-state index in [1.807, 2.05) is 35.7 Å². The van der Waals surface area contributed by atoms with Gasteiger partial charge in [-0.05, 0) is 12.1 Å². The molecule has 1 aliphatic rings. The van der Waals surface area contributed by atoms with Crippen molar-refractivity contribution in [3.05, 3.63) is 65.6 Å². The van der Waals surface area contributed by atoms with E-state index < -0.39 is 0 Å². The molecule has 0 aliphatic carbocycles. The molecule has 27 heavy (non-hydrogen) atoms. The molecule has 2 amide bonds. The van der Waals surface area contributed by atoms with Crippen molar-refractivity contribution in [1.29, 1.82) is 0 Å². The van der Waals surface area contributed by atoms with Crippen molar-refractivity contribution in [3.8, 4) is 10.6 Å². The molecule has 1 aromatic carbocycles. The highest BCUT2D eigenvalue weighted by molar-refractivity contribution is 7.13. The number of hydrogen-bond donors (Lipinski definition) is 0. The fraction of sp³-hybridized carbons (Fsp3) is 0.250. The first-order chi connectivity index (χ1) is 13.2. The van der Waals surface area contributed by atoms with Crippen LogP contribution in [0.1, 0.15) is 16.2 Å². The normalized spacial score (nSPS) is 14.4. The van der Waals surface area contributed by atoms with E-state index in [1.54, 1.807) is 33.3 Å². The van der Waals surface area contributed by atoms with Crippen LogP contribution in [0.3, 0.4) is 0 Å². The molecule has 0 atom stereocenters. The lowest BCUT2D eigenvalue weighted by Gasteiger charge is -2.34. The first-order valence-electron chi connectivity index (χ1n) is 8.81. The molecule has 0 unspecified atom stereocenters. The molecule has 7 heteroatoms. The number of benzene rings is 1. The average Bonchev–Trinajstić information content (AvgIpc) is 3.40. The van der Waals surface area contributed by atoms with Crippen LogP contribution in [0.15, 0.2) is 58.5 Å². The first kappa shape index (κ1) is 17.5. The van der Waals surface area contributed by atoms with Crippen LogP contribution in [0.5, 0.6) is 0 Å². The minimum Gasteiger partial charge on any atom is -0.459 e. The Bertz CT molecular complexity index is 913. The van der Waals surface area contributed by atoms with Crippen LogP contribution in [0.25, 0.3) is 10.6 Å². The quantitative estimate of drug-likeness (QED) is 0.697. The third-order valence-corrected chi connectivity index (χ3v) is 5.50. The van der Waals surface area contributed by atoms with Gasteiger partial charge in [0.1, 0.15) is 5.01 Å². The molecule has 1 saturated heterocycles. The van der Waals surface area contributed by atoms with Crippen LogP contribution >= 0.6 is 11.3 Å². The van der Waals surface area contributed by atoms with Gasteiger partial charge in [-0.2, -0.15) is 0 Å². The number of carbonyl (C=O) groups excluding carboxylic acids is 2. The number of thiazole rings is 1. The first-order valence-corrected chi connectivity index (χ1v) is 9.69. The fourth-order valence-electron chi connectivity index (χ4n) is 3.08. The number of furan rings is 1. The van der Waals surface area contributed by atoms with E-state index in [1.165, 1.54) is 6.26 Å². The Morgan fingerprint density at radius 1 is 1.00 bits per heavy atom. The lowest BCUT2D eigenvalue weighted by atomic mass is 10.2. The Labute approximate surface area is 161 Å². The summed E-state index contributed by atoms with van der Waals surface area (Å²) in [5.74, 6) is 0.259. The second kappa shape index (κ2) is 7.75. The summed E-state index contributed by atoms with van der Waals surface area (Å²) in [5, 5.41) is 2.86.